The molecule has 0 saturated heterocycles. The van der Waals surface area contributed by atoms with Crippen molar-refractivity contribution in [2.45, 2.75) is 46.8 Å². The fourth-order valence-corrected chi connectivity index (χ4v) is 4.41. The fourth-order valence-electron chi connectivity index (χ4n) is 3.47. The zero-order valence-corrected chi connectivity index (χ0v) is 18.3. The molecular weight excluding hydrogens is 396 g/mol. The van der Waals surface area contributed by atoms with Gasteiger partial charge in [0.15, 0.2) is 0 Å². The third-order valence-electron chi connectivity index (χ3n) is 4.74. The van der Waals surface area contributed by atoms with Crippen molar-refractivity contribution >= 4 is 28.8 Å². The first-order valence-corrected chi connectivity index (χ1v) is 10.7. The van der Waals surface area contributed by atoms with E-state index in [1.807, 2.05) is 52.0 Å². The molecule has 2 aromatic heterocycles. The lowest BCUT2D eigenvalue weighted by Gasteiger charge is -2.12. The Morgan fingerprint density at radius 2 is 2.07 bits per heavy atom. The molecule has 30 heavy (non-hydrogen) atoms. The minimum Gasteiger partial charge on any atom is -0.491 e. The molecular formula is C23H24N4O2S. The van der Waals surface area contributed by atoms with Crippen molar-refractivity contribution < 1.29 is 9.53 Å². The molecule has 6 nitrogen and oxygen atoms in total. The molecule has 0 atom stereocenters. The Hall–Kier alpha value is -3.06. The van der Waals surface area contributed by atoms with E-state index in [0.29, 0.717) is 18.8 Å². The highest BCUT2D eigenvalue weighted by molar-refractivity contribution is 7.11. The first-order chi connectivity index (χ1) is 14.4. The van der Waals surface area contributed by atoms with Crippen LogP contribution in [0.25, 0.3) is 0 Å². The number of nitrogens with one attached hydrogen (secondary N) is 1. The quantitative estimate of drug-likeness (QED) is 0.638. The zero-order chi connectivity index (χ0) is 21.3. The summed E-state index contributed by atoms with van der Waals surface area (Å²) in [4.78, 5) is 26.9. The zero-order valence-electron chi connectivity index (χ0n) is 17.5. The Morgan fingerprint density at radius 3 is 2.80 bits per heavy atom. The summed E-state index contributed by atoms with van der Waals surface area (Å²) < 4.78 is 5.84. The van der Waals surface area contributed by atoms with E-state index in [1.54, 1.807) is 17.5 Å². The second kappa shape index (κ2) is 8.36. The third-order valence-corrected chi connectivity index (χ3v) is 5.81. The molecule has 0 saturated carbocycles. The van der Waals surface area contributed by atoms with Crippen molar-refractivity contribution in [2.24, 2.45) is 4.99 Å². The summed E-state index contributed by atoms with van der Waals surface area (Å²) in [5.74, 6) is 1.24. The van der Waals surface area contributed by atoms with Gasteiger partial charge in [-0.25, -0.2) is 9.97 Å². The minimum absolute atomic E-state index is 0.104. The molecule has 1 aliphatic rings. The molecule has 154 valence electrons. The number of ether oxygens (including phenoxy) is 1. The number of pyridine rings is 1. The summed E-state index contributed by atoms with van der Waals surface area (Å²) in [6.45, 7) is 8.53. The van der Waals surface area contributed by atoms with E-state index in [9.17, 15) is 4.79 Å². The molecule has 7 heteroatoms. The number of aliphatic imine (C=N–C) groups is 1. The van der Waals surface area contributed by atoms with Crippen LogP contribution >= 0.6 is 11.3 Å². The topological polar surface area (TPSA) is 76.5 Å². The molecule has 0 aliphatic carbocycles. The van der Waals surface area contributed by atoms with Crippen LogP contribution in [-0.2, 0) is 17.8 Å². The predicted molar refractivity (Wildman–Crippen MR) is 120 cm³/mol. The van der Waals surface area contributed by atoms with E-state index in [4.69, 9.17) is 9.73 Å². The molecule has 1 aliphatic heterocycles. The number of rotatable bonds is 6. The number of amides is 1. The van der Waals surface area contributed by atoms with Gasteiger partial charge in [-0.15, -0.1) is 11.3 Å². The minimum atomic E-state index is -0.104. The van der Waals surface area contributed by atoms with Gasteiger partial charge in [0.2, 0.25) is 5.91 Å². The molecule has 0 bridgehead atoms. The Kier molecular flexibility index (Phi) is 5.63. The lowest BCUT2D eigenvalue weighted by atomic mass is 10.0. The van der Waals surface area contributed by atoms with Crippen molar-refractivity contribution in [2.75, 3.05) is 5.32 Å². The molecule has 1 N–H and O–H groups in total. The van der Waals surface area contributed by atoms with Crippen LogP contribution < -0.4 is 10.1 Å². The maximum Gasteiger partial charge on any atom is 0.230 e. The average Bonchev–Trinajstić information content (AvgIpc) is 3.23. The van der Waals surface area contributed by atoms with E-state index < -0.39 is 0 Å². The van der Waals surface area contributed by atoms with Crippen LogP contribution in [0.1, 0.15) is 46.1 Å². The number of nitrogens with zero attached hydrogens (tertiary/aromatic N) is 3. The van der Waals surface area contributed by atoms with Gasteiger partial charge < -0.3 is 10.1 Å². The molecule has 0 unspecified atom stereocenters. The number of aromatic nitrogens is 2. The average molecular weight is 421 g/mol. The van der Waals surface area contributed by atoms with Gasteiger partial charge in [-0.2, -0.15) is 0 Å². The van der Waals surface area contributed by atoms with Gasteiger partial charge in [0.05, 0.1) is 35.5 Å². The van der Waals surface area contributed by atoms with E-state index >= 15 is 0 Å². The highest BCUT2D eigenvalue weighted by Crippen LogP contribution is 2.28. The molecule has 1 aromatic carbocycles. The molecule has 1 amide bonds. The van der Waals surface area contributed by atoms with Crippen LogP contribution in [0.2, 0.25) is 0 Å². The number of hydrogen-bond donors (Lipinski definition) is 1. The van der Waals surface area contributed by atoms with Crippen molar-refractivity contribution in [3.05, 3.63) is 68.8 Å². The highest BCUT2D eigenvalue weighted by Gasteiger charge is 2.19. The van der Waals surface area contributed by atoms with Crippen LogP contribution in [0.5, 0.6) is 5.75 Å². The number of carbonyl (C=O) groups is 1. The molecule has 0 radical (unpaired) electrons. The third kappa shape index (κ3) is 4.41. The summed E-state index contributed by atoms with van der Waals surface area (Å²) in [6.07, 6.45) is 2.10. The lowest BCUT2D eigenvalue weighted by Crippen LogP contribution is -2.15. The Morgan fingerprint density at radius 1 is 1.23 bits per heavy atom. The van der Waals surface area contributed by atoms with E-state index in [2.05, 4.69) is 21.4 Å². The molecule has 0 spiro atoms. The monoisotopic (exact) mass is 420 g/mol. The summed E-state index contributed by atoms with van der Waals surface area (Å²) in [7, 11) is 0. The summed E-state index contributed by atoms with van der Waals surface area (Å²) in [5, 5.41) is 3.87. The number of aryl methyl sites for hydroxylation is 2. The SMILES string of the molecule is Cc1nc(C)c(CC(=O)Nc2cc(C3=NCc4ccc(OC(C)C)cc43)ccn2)s1. The Bertz CT molecular complexity index is 1130. The lowest BCUT2D eigenvalue weighted by molar-refractivity contribution is -0.115. The second-order valence-corrected chi connectivity index (χ2v) is 8.83. The first kappa shape index (κ1) is 20.2. The van der Waals surface area contributed by atoms with Crippen molar-refractivity contribution in [1.29, 1.82) is 0 Å². The van der Waals surface area contributed by atoms with E-state index in [-0.39, 0.29) is 12.0 Å². The highest BCUT2D eigenvalue weighted by atomic mass is 32.1. The van der Waals surface area contributed by atoms with Gasteiger partial charge in [-0.05, 0) is 57.5 Å². The number of benzene rings is 1. The van der Waals surface area contributed by atoms with Gasteiger partial charge in [-0.3, -0.25) is 9.79 Å². The number of anilines is 1. The Labute approximate surface area is 180 Å². The summed E-state index contributed by atoms with van der Waals surface area (Å²) in [5.41, 5.74) is 4.95. The number of fused-ring (bicyclic) bond motifs is 1. The maximum atomic E-state index is 12.5. The summed E-state index contributed by atoms with van der Waals surface area (Å²) in [6, 6.07) is 9.86. The van der Waals surface area contributed by atoms with Crippen LogP contribution in [-0.4, -0.2) is 27.7 Å². The van der Waals surface area contributed by atoms with Gasteiger partial charge in [0.25, 0.3) is 0 Å². The van der Waals surface area contributed by atoms with Crippen LogP contribution in [0, 0.1) is 13.8 Å². The van der Waals surface area contributed by atoms with Crippen LogP contribution in [0.4, 0.5) is 5.82 Å². The van der Waals surface area contributed by atoms with E-state index in [1.165, 1.54) is 5.56 Å². The van der Waals surface area contributed by atoms with Crippen LogP contribution in [0.3, 0.4) is 0 Å². The molecule has 0 fully saturated rings. The fraction of sp³-hybridized carbons (Fsp3) is 0.304. The van der Waals surface area contributed by atoms with Crippen molar-refractivity contribution in [3.63, 3.8) is 0 Å². The van der Waals surface area contributed by atoms with Crippen molar-refractivity contribution in [1.82, 2.24) is 9.97 Å². The van der Waals surface area contributed by atoms with Gasteiger partial charge in [0.1, 0.15) is 11.6 Å². The summed E-state index contributed by atoms with van der Waals surface area (Å²) >= 11 is 1.55. The normalized spacial score (nSPS) is 12.6. The largest absolute Gasteiger partial charge is 0.491 e. The Balaban J connectivity index is 1.52. The maximum absolute atomic E-state index is 12.5. The number of hydrogen-bond acceptors (Lipinski definition) is 6. The molecule has 4 rings (SSSR count). The van der Waals surface area contributed by atoms with E-state index in [0.717, 1.165) is 38.2 Å². The number of thiazole rings is 1. The van der Waals surface area contributed by atoms with Gasteiger partial charge >= 0.3 is 0 Å². The van der Waals surface area contributed by atoms with Crippen LogP contribution in [0.15, 0.2) is 41.5 Å². The first-order valence-electron chi connectivity index (χ1n) is 9.92. The molecule has 3 heterocycles. The second-order valence-electron chi connectivity index (χ2n) is 7.55. The van der Waals surface area contributed by atoms with Gasteiger partial charge in [-0.1, -0.05) is 6.07 Å². The predicted octanol–water partition coefficient (Wildman–Crippen LogP) is 4.47. The smallest absolute Gasteiger partial charge is 0.230 e. The van der Waals surface area contributed by atoms with Crippen molar-refractivity contribution in [3.8, 4) is 5.75 Å². The van der Waals surface area contributed by atoms with Gasteiger partial charge in [0, 0.05) is 22.2 Å². The number of carbonyl (C=O) groups excluding carboxylic acids is 1. The molecule has 3 aromatic rings. The standard InChI is InChI=1S/C23H24N4O2S/c1-13(2)29-18-6-5-17-12-25-23(19(17)10-18)16-7-8-24-21(9-16)27-22(28)11-20-14(3)26-15(4)30-20/h5-10,13H,11-12H2,1-4H3,(H,24,27,28).